The van der Waals surface area contributed by atoms with Crippen molar-refractivity contribution in [3.8, 4) is 0 Å². The third-order valence-corrected chi connectivity index (χ3v) is 5.13. The molecule has 4 nitrogen and oxygen atoms in total. The number of hydrogen-bond acceptors (Lipinski definition) is 4. The lowest BCUT2D eigenvalue weighted by molar-refractivity contribution is 0.691. The normalized spacial score (nSPS) is 19.8. The van der Waals surface area contributed by atoms with Crippen LogP contribution in [0.2, 0.25) is 0 Å². The van der Waals surface area contributed by atoms with Crippen LogP contribution in [0.15, 0.2) is 40.4 Å². The van der Waals surface area contributed by atoms with E-state index in [0.29, 0.717) is 0 Å². The Kier molecular flexibility index (Phi) is 10.6. The SMILES string of the molecule is CCCCC1=NCCCCC/C(C)=N/N1.Cc1ccc(C2=CCNCC2)cc1. The fraction of sp³-hybridized carbons (Fsp3) is 0.583. The van der Waals surface area contributed by atoms with Crippen LogP contribution in [-0.2, 0) is 0 Å². The number of unbranched alkanes of at least 4 members (excludes halogenated alkanes) is 1. The average Bonchev–Trinajstić information content (AvgIpc) is 2.73. The second-order valence-electron chi connectivity index (χ2n) is 7.75. The van der Waals surface area contributed by atoms with Gasteiger partial charge in [0.1, 0.15) is 5.84 Å². The van der Waals surface area contributed by atoms with Crippen LogP contribution in [0.25, 0.3) is 5.57 Å². The fourth-order valence-electron chi connectivity index (χ4n) is 3.27. The maximum atomic E-state index is 4.56. The molecule has 2 N–H and O–H groups in total. The number of benzene rings is 1. The summed E-state index contributed by atoms with van der Waals surface area (Å²) in [7, 11) is 0. The fourth-order valence-corrected chi connectivity index (χ4v) is 3.27. The highest BCUT2D eigenvalue weighted by Crippen LogP contribution is 2.19. The van der Waals surface area contributed by atoms with E-state index in [9.17, 15) is 0 Å². The van der Waals surface area contributed by atoms with E-state index in [1.165, 1.54) is 54.5 Å². The van der Waals surface area contributed by atoms with Gasteiger partial charge in [-0.1, -0.05) is 55.7 Å². The van der Waals surface area contributed by atoms with E-state index in [2.05, 4.69) is 71.9 Å². The molecule has 2 heterocycles. The number of nitrogens with zero attached hydrogens (tertiary/aromatic N) is 2. The van der Waals surface area contributed by atoms with Crippen LogP contribution in [0.5, 0.6) is 0 Å². The Balaban J connectivity index is 0.000000202. The standard InChI is InChI=1S/C12H23N3.C12H15N/c1-3-4-9-12-13-10-7-5-6-8-11(2)14-15-12;1-10-2-4-11(5-3-10)12-6-8-13-9-7-12/h3-10H2,1-2H3,(H,13,15);2-6,13H,7-9H2,1H3/b14-11+;. The van der Waals surface area contributed by atoms with Gasteiger partial charge >= 0.3 is 0 Å². The molecule has 1 aromatic carbocycles. The van der Waals surface area contributed by atoms with Crippen LogP contribution in [0.1, 0.15) is 76.3 Å². The lowest BCUT2D eigenvalue weighted by atomic mass is 9.99. The van der Waals surface area contributed by atoms with E-state index in [1.807, 2.05) is 0 Å². The minimum atomic E-state index is 0.959. The highest BCUT2D eigenvalue weighted by atomic mass is 15.3. The molecule has 28 heavy (non-hydrogen) atoms. The van der Waals surface area contributed by atoms with E-state index in [-0.39, 0.29) is 0 Å². The van der Waals surface area contributed by atoms with Crippen molar-refractivity contribution < 1.29 is 0 Å². The first kappa shape index (κ1) is 22.4. The Labute approximate surface area is 171 Å². The maximum Gasteiger partial charge on any atom is 0.117 e. The second kappa shape index (κ2) is 13.3. The molecule has 0 fully saturated rings. The largest absolute Gasteiger partial charge is 0.313 e. The van der Waals surface area contributed by atoms with Gasteiger partial charge in [-0.05, 0) is 63.6 Å². The number of rotatable bonds is 4. The molecular weight excluding hydrogens is 344 g/mol. The maximum absolute atomic E-state index is 4.56. The lowest BCUT2D eigenvalue weighted by Crippen LogP contribution is -2.20. The van der Waals surface area contributed by atoms with Crippen molar-refractivity contribution in [2.75, 3.05) is 19.6 Å². The number of aliphatic imine (C=N–C) groups is 1. The average molecular weight is 383 g/mol. The monoisotopic (exact) mass is 382 g/mol. The summed E-state index contributed by atoms with van der Waals surface area (Å²) in [6.07, 6.45) is 11.7. The van der Waals surface area contributed by atoms with Gasteiger partial charge in [0.05, 0.1) is 0 Å². The summed E-state index contributed by atoms with van der Waals surface area (Å²) in [5.41, 5.74) is 8.51. The van der Waals surface area contributed by atoms with Crippen molar-refractivity contribution in [2.45, 2.75) is 72.1 Å². The minimum Gasteiger partial charge on any atom is -0.313 e. The van der Waals surface area contributed by atoms with Crippen LogP contribution in [0.4, 0.5) is 0 Å². The Morgan fingerprint density at radius 3 is 2.54 bits per heavy atom. The summed E-state index contributed by atoms with van der Waals surface area (Å²) < 4.78 is 0. The van der Waals surface area contributed by atoms with Gasteiger partial charge < -0.3 is 5.32 Å². The van der Waals surface area contributed by atoms with Gasteiger partial charge in [-0.2, -0.15) is 5.10 Å². The summed E-state index contributed by atoms with van der Waals surface area (Å²) in [5.74, 6) is 1.07. The van der Waals surface area contributed by atoms with Gasteiger partial charge in [-0.15, -0.1) is 0 Å². The smallest absolute Gasteiger partial charge is 0.117 e. The van der Waals surface area contributed by atoms with E-state index in [4.69, 9.17) is 0 Å². The molecule has 0 amide bonds. The van der Waals surface area contributed by atoms with Crippen molar-refractivity contribution in [1.82, 2.24) is 10.7 Å². The van der Waals surface area contributed by atoms with E-state index in [1.54, 1.807) is 0 Å². The molecule has 1 aromatic rings. The number of nitrogens with one attached hydrogen (secondary N) is 2. The first-order valence-corrected chi connectivity index (χ1v) is 11.0. The molecule has 0 spiro atoms. The quantitative estimate of drug-likeness (QED) is 0.724. The molecule has 4 heteroatoms. The number of hydrazone groups is 1. The molecule has 0 atom stereocenters. The molecular formula is C24H38N4. The van der Waals surface area contributed by atoms with Gasteiger partial charge in [0.25, 0.3) is 0 Å². The molecule has 2 aliphatic rings. The Hall–Kier alpha value is -1.94. The van der Waals surface area contributed by atoms with Crippen LogP contribution in [-0.4, -0.2) is 31.2 Å². The molecule has 3 rings (SSSR count). The topological polar surface area (TPSA) is 48.8 Å². The van der Waals surface area contributed by atoms with Crippen molar-refractivity contribution in [2.24, 2.45) is 10.1 Å². The molecule has 0 aromatic heterocycles. The summed E-state index contributed by atoms with van der Waals surface area (Å²) in [6, 6.07) is 8.79. The van der Waals surface area contributed by atoms with Crippen molar-refractivity contribution in [3.05, 3.63) is 41.5 Å². The van der Waals surface area contributed by atoms with Gasteiger partial charge in [-0.3, -0.25) is 10.4 Å². The predicted molar refractivity (Wildman–Crippen MR) is 123 cm³/mol. The summed E-state index contributed by atoms with van der Waals surface area (Å²) in [4.78, 5) is 4.56. The minimum absolute atomic E-state index is 0.959. The van der Waals surface area contributed by atoms with Crippen LogP contribution >= 0.6 is 0 Å². The highest BCUT2D eigenvalue weighted by molar-refractivity contribution is 5.86. The molecule has 154 valence electrons. The third kappa shape index (κ3) is 8.83. The van der Waals surface area contributed by atoms with Crippen LogP contribution in [0, 0.1) is 6.92 Å². The number of hydrogen-bond donors (Lipinski definition) is 2. The molecule has 0 unspecified atom stereocenters. The first-order chi connectivity index (χ1) is 13.7. The van der Waals surface area contributed by atoms with E-state index >= 15 is 0 Å². The van der Waals surface area contributed by atoms with Crippen LogP contribution in [0.3, 0.4) is 0 Å². The molecule has 0 aliphatic carbocycles. The zero-order chi connectivity index (χ0) is 20.0. The molecule has 0 saturated heterocycles. The number of amidine groups is 1. The number of aryl methyl sites for hydroxylation is 1. The Morgan fingerprint density at radius 2 is 1.82 bits per heavy atom. The lowest BCUT2D eigenvalue weighted by Gasteiger charge is -2.14. The van der Waals surface area contributed by atoms with Gasteiger partial charge in [-0.25, -0.2) is 0 Å². The van der Waals surface area contributed by atoms with Gasteiger partial charge in [0.2, 0.25) is 0 Å². The van der Waals surface area contributed by atoms with E-state index in [0.717, 1.165) is 44.7 Å². The Morgan fingerprint density at radius 1 is 1.00 bits per heavy atom. The zero-order valence-corrected chi connectivity index (χ0v) is 18.1. The summed E-state index contributed by atoms with van der Waals surface area (Å²) in [5, 5.41) is 7.67. The van der Waals surface area contributed by atoms with E-state index < -0.39 is 0 Å². The molecule has 0 saturated carbocycles. The summed E-state index contributed by atoms with van der Waals surface area (Å²) >= 11 is 0. The van der Waals surface area contributed by atoms with Crippen molar-refractivity contribution >= 4 is 17.1 Å². The van der Waals surface area contributed by atoms with Gasteiger partial charge in [0, 0.05) is 25.2 Å². The first-order valence-electron chi connectivity index (χ1n) is 11.0. The molecule has 0 bridgehead atoms. The highest BCUT2D eigenvalue weighted by Gasteiger charge is 2.04. The molecule has 0 radical (unpaired) electrons. The summed E-state index contributed by atoms with van der Waals surface area (Å²) in [6.45, 7) is 9.51. The molecule has 2 aliphatic heterocycles. The predicted octanol–water partition coefficient (Wildman–Crippen LogP) is 5.49. The van der Waals surface area contributed by atoms with Gasteiger partial charge in [0.15, 0.2) is 0 Å². The van der Waals surface area contributed by atoms with Crippen LogP contribution < -0.4 is 10.7 Å². The zero-order valence-electron chi connectivity index (χ0n) is 18.1. The van der Waals surface area contributed by atoms with Crippen molar-refractivity contribution in [1.29, 1.82) is 0 Å². The second-order valence-corrected chi connectivity index (χ2v) is 7.75. The third-order valence-electron chi connectivity index (χ3n) is 5.13. The Bertz CT molecular complexity index is 656. The van der Waals surface area contributed by atoms with Crippen molar-refractivity contribution in [3.63, 3.8) is 0 Å².